The van der Waals surface area contributed by atoms with Gasteiger partial charge in [-0.1, -0.05) is 96.8 Å². The summed E-state index contributed by atoms with van der Waals surface area (Å²) in [7, 11) is 0. The molecule has 11 nitrogen and oxygen atoms in total. The minimum absolute atomic E-state index is 0.212. The second-order valence-electron chi connectivity index (χ2n) is 11.4. The highest BCUT2D eigenvalue weighted by atomic mass is 16.7. The van der Waals surface area contributed by atoms with Crippen molar-refractivity contribution in [2.75, 3.05) is 6.61 Å². The molecule has 1 N–H and O–H groups in total. The lowest BCUT2D eigenvalue weighted by molar-refractivity contribution is -0.271. The molecule has 248 valence electrons. The third-order valence-corrected chi connectivity index (χ3v) is 7.32. The number of carbonyl (C=O) groups is 5. The summed E-state index contributed by atoms with van der Waals surface area (Å²) < 4.78 is 27.0. The van der Waals surface area contributed by atoms with Crippen molar-refractivity contribution in [2.24, 2.45) is 0 Å². The van der Waals surface area contributed by atoms with Gasteiger partial charge in [-0.05, 0) is 6.42 Å². The first-order valence-corrected chi connectivity index (χ1v) is 16.1. The Morgan fingerprint density at radius 3 is 1.47 bits per heavy atom. The molecule has 1 aliphatic rings. The van der Waals surface area contributed by atoms with Gasteiger partial charge in [-0.15, -0.1) is 0 Å². The van der Waals surface area contributed by atoms with E-state index in [1.54, 1.807) is 0 Å². The van der Waals surface area contributed by atoms with E-state index in [4.69, 9.17) is 23.7 Å². The molecule has 0 aliphatic carbocycles. The average Bonchev–Trinajstić information content (AvgIpc) is 2.92. The normalized spacial score (nSPS) is 21.5. The molecule has 43 heavy (non-hydrogen) atoms. The molecule has 1 fully saturated rings. The highest BCUT2D eigenvalue weighted by molar-refractivity contribution is 5.76. The molecule has 0 spiro atoms. The summed E-state index contributed by atoms with van der Waals surface area (Å²) in [5.74, 6) is -3.08. The quantitative estimate of drug-likeness (QED) is 0.0951. The standard InChI is InChI=1S/C32H55NO10/c1-6-7-8-9-10-11-12-13-14-15-16-17-18-19-20-21-28(38)33-29-31(41-25(4)36)30(40-24(3)35)27(22-39-23(2)34)43-32(29)42-26(5)37/h27,29-32H,6-22H2,1-5H3,(H,33,38)/t27-,29+,30-,31+,32-/m1/s1. The van der Waals surface area contributed by atoms with Crippen LogP contribution in [0.3, 0.4) is 0 Å². The van der Waals surface area contributed by atoms with Gasteiger partial charge in [0.15, 0.2) is 12.2 Å². The van der Waals surface area contributed by atoms with Crippen LogP contribution in [0.5, 0.6) is 0 Å². The molecule has 0 aromatic rings. The predicted molar refractivity (Wildman–Crippen MR) is 160 cm³/mol. The second-order valence-corrected chi connectivity index (χ2v) is 11.4. The fourth-order valence-corrected chi connectivity index (χ4v) is 5.24. The molecule has 11 heteroatoms. The second kappa shape index (κ2) is 22.8. The van der Waals surface area contributed by atoms with Crippen LogP contribution < -0.4 is 5.32 Å². The molecular formula is C32H55NO10. The van der Waals surface area contributed by atoms with Gasteiger partial charge in [-0.25, -0.2) is 0 Å². The SMILES string of the molecule is CCCCCCCCCCCCCCCCCC(=O)N[C@@H]1[C@H](OC(C)=O)O[C@H](COC(C)=O)[C@@H](OC(C)=O)[C@H]1OC(C)=O. The molecule has 0 unspecified atom stereocenters. The molecule has 1 heterocycles. The first-order chi connectivity index (χ1) is 20.5. The summed E-state index contributed by atoms with van der Waals surface area (Å²) in [5.41, 5.74) is 0. The van der Waals surface area contributed by atoms with Crippen LogP contribution in [0.4, 0.5) is 0 Å². The van der Waals surface area contributed by atoms with Crippen LogP contribution in [-0.4, -0.2) is 67.0 Å². The van der Waals surface area contributed by atoms with Crippen LogP contribution >= 0.6 is 0 Å². The number of carbonyl (C=O) groups excluding carboxylic acids is 5. The summed E-state index contributed by atoms with van der Waals surface area (Å²) in [5, 5.41) is 2.75. The van der Waals surface area contributed by atoms with Gasteiger partial charge in [0.05, 0.1) is 0 Å². The fraction of sp³-hybridized carbons (Fsp3) is 0.844. The summed E-state index contributed by atoms with van der Waals surface area (Å²) in [6.07, 6.45) is 13.4. The van der Waals surface area contributed by atoms with Crippen molar-refractivity contribution in [3.63, 3.8) is 0 Å². The number of hydrogen-bond donors (Lipinski definition) is 1. The molecule has 1 rings (SSSR count). The van der Waals surface area contributed by atoms with Gasteiger partial charge in [-0.2, -0.15) is 0 Å². The Labute approximate surface area is 257 Å². The van der Waals surface area contributed by atoms with Gasteiger partial charge < -0.3 is 29.0 Å². The molecule has 0 aromatic carbocycles. The Hall–Kier alpha value is -2.69. The van der Waals surface area contributed by atoms with Crippen molar-refractivity contribution in [1.29, 1.82) is 0 Å². The maximum Gasteiger partial charge on any atom is 0.305 e. The zero-order valence-electron chi connectivity index (χ0n) is 27.0. The molecule has 1 saturated heterocycles. The summed E-state index contributed by atoms with van der Waals surface area (Å²) in [6.45, 7) is 6.57. The predicted octanol–water partition coefficient (Wildman–Crippen LogP) is 5.45. The van der Waals surface area contributed by atoms with E-state index in [2.05, 4.69) is 12.2 Å². The van der Waals surface area contributed by atoms with Crippen LogP contribution in [0.25, 0.3) is 0 Å². The summed E-state index contributed by atoms with van der Waals surface area (Å²) >= 11 is 0. The van der Waals surface area contributed by atoms with Crippen molar-refractivity contribution in [3.05, 3.63) is 0 Å². The number of nitrogens with one attached hydrogen (secondary N) is 1. The van der Waals surface area contributed by atoms with E-state index in [0.717, 1.165) is 40.0 Å². The first kappa shape index (κ1) is 38.3. The molecule has 5 atom stereocenters. The van der Waals surface area contributed by atoms with E-state index in [0.29, 0.717) is 6.42 Å². The van der Waals surface area contributed by atoms with Crippen molar-refractivity contribution < 1.29 is 47.7 Å². The smallest absolute Gasteiger partial charge is 0.305 e. The minimum atomic E-state index is -1.38. The fourth-order valence-electron chi connectivity index (χ4n) is 5.24. The highest BCUT2D eigenvalue weighted by Crippen LogP contribution is 2.28. The van der Waals surface area contributed by atoms with Gasteiger partial charge in [0.1, 0.15) is 18.8 Å². The number of amides is 1. The third-order valence-electron chi connectivity index (χ3n) is 7.32. The highest BCUT2D eigenvalue weighted by Gasteiger charge is 2.52. The van der Waals surface area contributed by atoms with E-state index in [9.17, 15) is 24.0 Å². The van der Waals surface area contributed by atoms with E-state index < -0.39 is 54.5 Å². The molecule has 0 aromatic heterocycles. The molecule has 0 bridgehead atoms. The monoisotopic (exact) mass is 613 g/mol. The average molecular weight is 614 g/mol. The number of ether oxygens (including phenoxy) is 5. The Morgan fingerprint density at radius 2 is 1.02 bits per heavy atom. The maximum atomic E-state index is 12.9. The first-order valence-electron chi connectivity index (χ1n) is 16.1. The number of rotatable bonds is 22. The van der Waals surface area contributed by atoms with Gasteiger partial charge in [-0.3, -0.25) is 24.0 Å². The number of esters is 4. The lowest BCUT2D eigenvalue weighted by atomic mass is 9.95. The molecule has 0 radical (unpaired) electrons. The number of unbranched alkanes of at least 4 members (excludes halogenated alkanes) is 14. The minimum Gasteiger partial charge on any atom is -0.463 e. The van der Waals surface area contributed by atoms with Gasteiger partial charge >= 0.3 is 23.9 Å². The van der Waals surface area contributed by atoms with Crippen molar-refractivity contribution >= 4 is 29.8 Å². The lowest BCUT2D eigenvalue weighted by Gasteiger charge is -2.44. The van der Waals surface area contributed by atoms with Crippen LogP contribution in [0.15, 0.2) is 0 Å². The lowest BCUT2D eigenvalue weighted by Crippen LogP contribution is -2.67. The maximum absolute atomic E-state index is 12.9. The van der Waals surface area contributed by atoms with Gasteiger partial charge in [0.2, 0.25) is 12.2 Å². The Bertz CT molecular complexity index is 848. The van der Waals surface area contributed by atoms with Crippen molar-refractivity contribution in [2.45, 2.75) is 168 Å². The van der Waals surface area contributed by atoms with Crippen molar-refractivity contribution in [1.82, 2.24) is 5.32 Å². The van der Waals surface area contributed by atoms with Crippen molar-refractivity contribution in [3.8, 4) is 0 Å². The summed E-state index contributed by atoms with van der Waals surface area (Å²) in [4.78, 5) is 60.0. The Morgan fingerprint density at radius 1 is 0.581 bits per heavy atom. The summed E-state index contributed by atoms with van der Waals surface area (Å²) in [6, 6.07) is -1.16. The molecule has 1 aliphatic heterocycles. The van der Waals surface area contributed by atoms with Crippen LogP contribution in [-0.2, 0) is 47.7 Å². The third kappa shape index (κ3) is 17.9. The number of hydrogen-bond acceptors (Lipinski definition) is 10. The Balaban J connectivity index is 2.57. The van der Waals surface area contributed by atoms with Crippen LogP contribution in [0, 0.1) is 0 Å². The Kier molecular flexibility index (Phi) is 20.3. The van der Waals surface area contributed by atoms with Crippen LogP contribution in [0.1, 0.15) is 137 Å². The molecular weight excluding hydrogens is 558 g/mol. The van der Waals surface area contributed by atoms with Gasteiger partial charge in [0.25, 0.3) is 0 Å². The molecule has 0 saturated carbocycles. The zero-order chi connectivity index (χ0) is 32.0. The topological polar surface area (TPSA) is 144 Å². The van der Waals surface area contributed by atoms with E-state index in [1.807, 2.05) is 0 Å². The van der Waals surface area contributed by atoms with Crippen LogP contribution in [0.2, 0.25) is 0 Å². The van der Waals surface area contributed by atoms with E-state index in [-0.39, 0.29) is 18.9 Å². The van der Waals surface area contributed by atoms with E-state index in [1.165, 1.54) is 77.6 Å². The molecule has 1 amide bonds. The van der Waals surface area contributed by atoms with Gasteiger partial charge in [0, 0.05) is 34.1 Å². The van der Waals surface area contributed by atoms with E-state index >= 15 is 0 Å². The zero-order valence-corrected chi connectivity index (χ0v) is 27.0. The largest absolute Gasteiger partial charge is 0.463 e.